The van der Waals surface area contributed by atoms with E-state index in [0.29, 0.717) is 30.8 Å². The molecule has 118 valence electrons. The van der Waals surface area contributed by atoms with Crippen molar-refractivity contribution in [3.05, 3.63) is 48.3 Å². The Morgan fingerprint density at radius 1 is 1.59 bits per heavy atom. The lowest BCUT2D eigenvalue weighted by atomic mass is 10.0. The molecule has 1 amide bonds. The third kappa shape index (κ3) is 3.93. The van der Waals surface area contributed by atoms with Crippen molar-refractivity contribution in [2.75, 3.05) is 13.1 Å². The second-order valence-corrected chi connectivity index (χ2v) is 5.67. The molecule has 0 spiro atoms. The number of halogens is 1. The Labute approximate surface area is 130 Å². The molecule has 4 nitrogen and oxygen atoms in total. The van der Waals surface area contributed by atoms with Crippen LogP contribution in [-0.2, 0) is 9.63 Å². The number of oxime groups is 1. The number of benzene rings is 1. The lowest BCUT2D eigenvalue weighted by Gasteiger charge is -2.25. The van der Waals surface area contributed by atoms with Crippen LogP contribution in [0.5, 0.6) is 0 Å². The fourth-order valence-electron chi connectivity index (χ4n) is 2.39. The molecule has 2 rings (SSSR count). The molecule has 0 fully saturated rings. The Morgan fingerprint density at radius 3 is 3.00 bits per heavy atom. The normalized spacial score (nSPS) is 17.1. The number of carbonyl (C=O) groups is 1. The Hall–Kier alpha value is -2.17. The molecular formula is C17H21FN2O2. The van der Waals surface area contributed by atoms with E-state index in [9.17, 15) is 9.18 Å². The number of amides is 1. The maximum absolute atomic E-state index is 13.3. The Bertz CT molecular complexity index is 584. The van der Waals surface area contributed by atoms with Gasteiger partial charge in [0.05, 0.1) is 12.3 Å². The van der Waals surface area contributed by atoms with Gasteiger partial charge in [0.1, 0.15) is 5.82 Å². The van der Waals surface area contributed by atoms with E-state index >= 15 is 0 Å². The standard InChI is InChI=1S/C17H21FN2O2/c1-4-8-20(17(21)12(2)3)11-15-10-16(19-22-15)13-6-5-7-14(18)9-13/h4-7,9,12,15H,1,8,10-11H2,2-3H3. The summed E-state index contributed by atoms with van der Waals surface area (Å²) in [6, 6.07) is 6.27. The van der Waals surface area contributed by atoms with Crippen molar-refractivity contribution in [2.24, 2.45) is 11.1 Å². The van der Waals surface area contributed by atoms with Crippen molar-refractivity contribution in [3.63, 3.8) is 0 Å². The highest BCUT2D eigenvalue weighted by atomic mass is 19.1. The van der Waals surface area contributed by atoms with E-state index in [1.807, 2.05) is 13.8 Å². The smallest absolute Gasteiger partial charge is 0.225 e. The second-order valence-electron chi connectivity index (χ2n) is 5.67. The van der Waals surface area contributed by atoms with Crippen molar-refractivity contribution in [3.8, 4) is 0 Å². The van der Waals surface area contributed by atoms with Gasteiger partial charge in [-0.15, -0.1) is 6.58 Å². The molecule has 0 saturated heterocycles. The van der Waals surface area contributed by atoms with Crippen LogP contribution in [-0.4, -0.2) is 35.7 Å². The molecular weight excluding hydrogens is 283 g/mol. The number of nitrogens with zero attached hydrogens (tertiary/aromatic N) is 2. The molecule has 1 aliphatic heterocycles. The van der Waals surface area contributed by atoms with Crippen LogP contribution in [0.25, 0.3) is 0 Å². The van der Waals surface area contributed by atoms with Gasteiger partial charge in [-0.3, -0.25) is 4.79 Å². The minimum Gasteiger partial charge on any atom is -0.390 e. The first-order valence-electron chi connectivity index (χ1n) is 7.39. The minimum atomic E-state index is -0.299. The quantitative estimate of drug-likeness (QED) is 0.758. The molecule has 1 atom stereocenters. The lowest BCUT2D eigenvalue weighted by Crippen LogP contribution is -2.40. The van der Waals surface area contributed by atoms with Gasteiger partial charge in [-0.25, -0.2) is 4.39 Å². The van der Waals surface area contributed by atoms with Gasteiger partial charge in [0.2, 0.25) is 5.91 Å². The van der Waals surface area contributed by atoms with Gasteiger partial charge in [-0.05, 0) is 12.1 Å². The topological polar surface area (TPSA) is 41.9 Å². The molecule has 0 saturated carbocycles. The van der Waals surface area contributed by atoms with Crippen LogP contribution in [0, 0.1) is 11.7 Å². The van der Waals surface area contributed by atoms with Gasteiger partial charge >= 0.3 is 0 Å². The molecule has 1 aliphatic rings. The van der Waals surface area contributed by atoms with Crippen LogP contribution in [0.3, 0.4) is 0 Å². The molecule has 0 radical (unpaired) electrons. The molecule has 0 N–H and O–H groups in total. The summed E-state index contributed by atoms with van der Waals surface area (Å²) in [4.78, 5) is 19.3. The molecule has 0 aliphatic carbocycles. The van der Waals surface area contributed by atoms with Crippen LogP contribution >= 0.6 is 0 Å². The van der Waals surface area contributed by atoms with E-state index < -0.39 is 0 Å². The monoisotopic (exact) mass is 304 g/mol. The van der Waals surface area contributed by atoms with Crippen molar-refractivity contribution >= 4 is 11.6 Å². The molecule has 0 aromatic heterocycles. The average molecular weight is 304 g/mol. The number of hydrogen-bond donors (Lipinski definition) is 0. The minimum absolute atomic E-state index is 0.0581. The van der Waals surface area contributed by atoms with Gasteiger partial charge in [-0.2, -0.15) is 0 Å². The Balaban J connectivity index is 1.99. The van der Waals surface area contributed by atoms with Gasteiger partial charge in [0.25, 0.3) is 0 Å². The first kappa shape index (κ1) is 16.2. The highest BCUT2D eigenvalue weighted by Gasteiger charge is 2.27. The first-order chi connectivity index (χ1) is 10.5. The zero-order valence-corrected chi connectivity index (χ0v) is 13.0. The van der Waals surface area contributed by atoms with Gasteiger partial charge in [0, 0.05) is 24.4 Å². The van der Waals surface area contributed by atoms with E-state index in [2.05, 4.69) is 11.7 Å². The number of carbonyl (C=O) groups excluding carboxylic acids is 1. The van der Waals surface area contributed by atoms with E-state index in [4.69, 9.17) is 4.84 Å². The number of hydrogen-bond acceptors (Lipinski definition) is 3. The summed E-state index contributed by atoms with van der Waals surface area (Å²) >= 11 is 0. The molecule has 1 aromatic rings. The van der Waals surface area contributed by atoms with Crippen molar-refractivity contribution in [1.82, 2.24) is 4.90 Å². The largest absolute Gasteiger partial charge is 0.390 e. The van der Waals surface area contributed by atoms with Crippen LogP contribution in [0.4, 0.5) is 4.39 Å². The molecule has 5 heteroatoms. The van der Waals surface area contributed by atoms with Crippen LogP contribution < -0.4 is 0 Å². The Morgan fingerprint density at radius 2 is 2.36 bits per heavy atom. The van der Waals surface area contributed by atoms with Gasteiger partial charge in [-0.1, -0.05) is 37.2 Å². The van der Waals surface area contributed by atoms with Gasteiger partial charge < -0.3 is 9.74 Å². The molecule has 1 heterocycles. The van der Waals surface area contributed by atoms with Crippen molar-refractivity contribution in [2.45, 2.75) is 26.4 Å². The summed E-state index contributed by atoms with van der Waals surface area (Å²) < 4.78 is 13.3. The summed E-state index contributed by atoms with van der Waals surface area (Å²) in [5, 5.41) is 4.03. The van der Waals surface area contributed by atoms with Crippen molar-refractivity contribution in [1.29, 1.82) is 0 Å². The number of rotatable bonds is 6. The summed E-state index contributed by atoms with van der Waals surface area (Å²) in [6.45, 7) is 8.34. The van der Waals surface area contributed by atoms with Crippen LogP contribution in [0.1, 0.15) is 25.8 Å². The van der Waals surface area contributed by atoms with Crippen LogP contribution in [0.2, 0.25) is 0 Å². The highest BCUT2D eigenvalue weighted by molar-refractivity contribution is 6.01. The van der Waals surface area contributed by atoms with Crippen LogP contribution in [0.15, 0.2) is 42.1 Å². The average Bonchev–Trinajstić information content (AvgIpc) is 2.94. The summed E-state index contributed by atoms with van der Waals surface area (Å²) in [5.74, 6) is -0.320. The summed E-state index contributed by atoms with van der Waals surface area (Å²) in [7, 11) is 0. The summed E-state index contributed by atoms with van der Waals surface area (Å²) in [5.41, 5.74) is 1.42. The molecule has 0 bridgehead atoms. The summed E-state index contributed by atoms with van der Waals surface area (Å²) in [6.07, 6.45) is 2.05. The molecule has 1 aromatic carbocycles. The SMILES string of the molecule is C=CCN(CC1CC(c2cccc(F)c2)=NO1)C(=O)C(C)C. The maximum Gasteiger partial charge on any atom is 0.225 e. The van der Waals surface area contributed by atoms with Gasteiger partial charge in [0.15, 0.2) is 6.10 Å². The van der Waals surface area contributed by atoms with E-state index in [-0.39, 0.29) is 23.7 Å². The fourth-order valence-corrected chi connectivity index (χ4v) is 2.39. The predicted octanol–water partition coefficient (Wildman–Crippen LogP) is 2.99. The highest BCUT2D eigenvalue weighted by Crippen LogP contribution is 2.19. The molecule has 22 heavy (non-hydrogen) atoms. The van der Waals surface area contributed by atoms with E-state index in [0.717, 1.165) is 0 Å². The zero-order chi connectivity index (χ0) is 16.1. The third-order valence-corrected chi connectivity index (χ3v) is 3.47. The van der Waals surface area contributed by atoms with E-state index in [1.54, 1.807) is 23.1 Å². The molecule has 1 unspecified atom stereocenters. The first-order valence-corrected chi connectivity index (χ1v) is 7.39. The predicted molar refractivity (Wildman–Crippen MR) is 84.0 cm³/mol. The third-order valence-electron chi connectivity index (χ3n) is 3.47. The van der Waals surface area contributed by atoms with Crippen molar-refractivity contribution < 1.29 is 14.0 Å². The zero-order valence-electron chi connectivity index (χ0n) is 13.0. The Kier molecular flexibility index (Phi) is 5.31. The lowest BCUT2D eigenvalue weighted by molar-refractivity contribution is -0.135. The maximum atomic E-state index is 13.3. The van der Waals surface area contributed by atoms with E-state index in [1.165, 1.54) is 12.1 Å². The second kappa shape index (κ2) is 7.20. The fraction of sp³-hybridized carbons (Fsp3) is 0.412.